The summed E-state index contributed by atoms with van der Waals surface area (Å²) < 4.78 is 40.0. The van der Waals surface area contributed by atoms with Crippen LogP contribution in [0.5, 0.6) is 0 Å². The van der Waals surface area contributed by atoms with E-state index in [0.29, 0.717) is 5.56 Å². The zero-order valence-corrected chi connectivity index (χ0v) is 12.4. The second-order valence-electron chi connectivity index (χ2n) is 4.83. The summed E-state index contributed by atoms with van der Waals surface area (Å²) in [4.78, 5) is -0.0970. The van der Waals surface area contributed by atoms with E-state index in [0.717, 1.165) is 11.6 Å². The summed E-state index contributed by atoms with van der Waals surface area (Å²) in [5.74, 6) is -0.581. The Morgan fingerprint density at radius 3 is 2.48 bits per heavy atom. The van der Waals surface area contributed by atoms with E-state index in [-0.39, 0.29) is 11.4 Å². The van der Waals surface area contributed by atoms with Crippen molar-refractivity contribution in [3.05, 3.63) is 65.5 Å². The molecule has 0 amide bonds. The van der Waals surface area contributed by atoms with E-state index in [9.17, 15) is 12.8 Å². The Balaban J connectivity index is 2.11. The van der Waals surface area contributed by atoms with Crippen LogP contribution in [0.2, 0.25) is 0 Å². The minimum atomic E-state index is -3.78. The van der Waals surface area contributed by atoms with Crippen LogP contribution >= 0.6 is 0 Å². The van der Waals surface area contributed by atoms with Gasteiger partial charge in [0.1, 0.15) is 5.82 Å². The van der Waals surface area contributed by atoms with E-state index in [4.69, 9.17) is 5.73 Å². The highest BCUT2D eigenvalue weighted by Crippen LogP contribution is 2.15. The number of halogens is 1. The Morgan fingerprint density at radius 2 is 1.86 bits per heavy atom. The highest BCUT2D eigenvalue weighted by molar-refractivity contribution is 7.89. The fourth-order valence-corrected chi connectivity index (χ4v) is 3.13. The van der Waals surface area contributed by atoms with E-state index < -0.39 is 21.9 Å². The predicted molar refractivity (Wildman–Crippen MR) is 79.7 cm³/mol. The van der Waals surface area contributed by atoms with E-state index in [2.05, 4.69) is 4.72 Å². The van der Waals surface area contributed by atoms with Crippen LogP contribution < -0.4 is 10.5 Å². The molecule has 0 saturated carbocycles. The molecule has 6 heteroatoms. The van der Waals surface area contributed by atoms with Gasteiger partial charge in [0, 0.05) is 12.6 Å². The average Bonchev–Trinajstić information content (AvgIpc) is 2.45. The zero-order chi connectivity index (χ0) is 15.5. The molecule has 0 unspecified atom stereocenters. The fraction of sp³-hybridized carbons (Fsp3) is 0.200. The SMILES string of the molecule is Cc1cc(F)cc(S(=O)(=O)NC[C@@H](N)c2ccccc2)c1. The van der Waals surface area contributed by atoms with E-state index in [1.54, 1.807) is 6.92 Å². The third-order valence-electron chi connectivity index (χ3n) is 3.05. The fourth-order valence-electron chi connectivity index (χ4n) is 1.96. The molecule has 0 aliphatic heterocycles. The topological polar surface area (TPSA) is 72.2 Å². The maximum absolute atomic E-state index is 13.3. The third kappa shape index (κ3) is 4.10. The van der Waals surface area contributed by atoms with Crippen molar-refractivity contribution in [2.24, 2.45) is 5.73 Å². The molecular weight excluding hydrogens is 291 g/mol. The number of benzene rings is 2. The lowest BCUT2D eigenvalue weighted by Gasteiger charge is -2.13. The van der Waals surface area contributed by atoms with Crippen LogP contribution in [0.15, 0.2) is 53.4 Å². The van der Waals surface area contributed by atoms with Gasteiger partial charge >= 0.3 is 0 Å². The molecule has 0 saturated heterocycles. The molecule has 21 heavy (non-hydrogen) atoms. The van der Waals surface area contributed by atoms with Crippen LogP contribution in [-0.4, -0.2) is 15.0 Å². The summed E-state index contributed by atoms with van der Waals surface area (Å²) in [6.07, 6.45) is 0. The molecule has 0 aromatic heterocycles. The first-order valence-corrected chi connectivity index (χ1v) is 7.94. The summed E-state index contributed by atoms with van der Waals surface area (Å²) in [6, 6.07) is 12.4. The van der Waals surface area contributed by atoms with Crippen molar-refractivity contribution in [3.8, 4) is 0 Å². The Morgan fingerprint density at radius 1 is 1.19 bits per heavy atom. The van der Waals surface area contributed by atoms with Gasteiger partial charge in [0.2, 0.25) is 10.0 Å². The monoisotopic (exact) mass is 308 g/mol. The van der Waals surface area contributed by atoms with E-state index >= 15 is 0 Å². The molecule has 0 fully saturated rings. The van der Waals surface area contributed by atoms with Crippen molar-refractivity contribution in [2.45, 2.75) is 17.9 Å². The van der Waals surface area contributed by atoms with Gasteiger partial charge in [-0.25, -0.2) is 17.5 Å². The molecule has 0 spiro atoms. The molecule has 4 nitrogen and oxygen atoms in total. The molecule has 1 atom stereocenters. The normalized spacial score (nSPS) is 13.1. The van der Waals surface area contributed by atoms with Gasteiger partial charge < -0.3 is 5.73 Å². The van der Waals surface area contributed by atoms with Crippen LogP contribution in [0.3, 0.4) is 0 Å². The highest BCUT2D eigenvalue weighted by Gasteiger charge is 2.17. The lowest BCUT2D eigenvalue weighted by atomic mass is 10.1. The molecule has 0 radical (unpaired) electrons. The molecule has 3 N–H and O–H groups in total. The van der Waals surface area contributed by atoms with Crippen molar-refractivity contribution in [3.63, 3.8) is 0 Å². The largest absolute Gasteiger partial charge is 0.323 e. The number of hydrogen-bond donors (Lipinski definition) is 2. The van der Waals surface area contributed by atoms with Gasteiger partial charge in [-0.1, -0.05) is 30.3 Å². The number of nitrogens with two attached hydrogens (primary N) is 1. The summed E-state index contributed by atoms with van der Waals surface area (Å²) in [7, 11) is -3.78. The zero-order valence-electron chi connectivity index (χ0n) is 11.6. The van der Waals surface area contributed by atoms with Gasteiger partial charge in [0.25, 0.3) is 0 Å². The lowest BCUT2D eigenvalue weighted by Crippen LogP contribution is -2.32. The Labute approximate surface area is 123 Å². The summed E-state index contributed by atoms with van der Waals surface area (Å²) >= 11 is 0. The number of nitrogens with one attached hydrogen (secondary N) is 1. The Bertz CT molecular complexity index is 697. The molecule has 2 aromatic carbocycles. The first-order chi connectivity index (χ1) is 9.88. The number of aryl methyl sites for hydroxylation is 1. The minimum absolute atomic E-state index is 0.0436. The predicted octanol–water partition coefficient (Wildman–Crippen LogP) is 2.11. The second-order valence-corrected chi connectivity index (χ2v) is 6.60. The lowest BCUT2D eigenvalue weighted by molar-refractivity contribution is 0.569. The van der Waals surface area contributed by atoms with Gasteiger partial charge in [-0.3, -0.25) is 0 Å². The maximum atomic E-state index is 13.3. The summed E-state index contributed by atoms with van der Waals surface area (Å²) in [5, 5.41) is 0. The van der Waals surface area contributed by atoms with Crippen molar-refractivity contribution in [1.82, 2.24) is 4.72 Å². The molecular formula is C15H17FN2O2S. The molecule has 2 rings (SSSR count). The van der Waals surface area contributed by atoms with Crippen LogP contribution in [0.4, 0.5) is 4.39 Å². The van der Waals surface area contributed by atoms with Crippen LogP contribution in [0.25, 0.3) is 0 Å². The Hall–Kier alpha value is -1.76. The van der Waals surface area contributed by atoms with Gasteiger partial charge in [0.05, 0.1) is 4.90 Å². The molecule has 2 aromatic rings. The maximum Gasteiger partial charge on any atom is 0.240 e. The van der Waals surface area contributed by atoms with Crippen molar-refractivity contribution in [2.75, 3.05) is 6.54 Å². The number of rotatable bonds is 5. The number of hydrogen-bond acceptors (Lipinski definition) is 3. The van der Waals surface area contributed by atoms with Crippen molar-refractivity contribution < 1.29 is 12.8 Å². The number of sulfonamides is 1. The molecule has 0 aliphatic carbocycles. The van der Waals surface area contributed by atoms with Crippen LogP contribution in [0.1, 0.15) is 17.2 Å². The van der Waals surface area contributed by atoms with Crippen molar-refractivity contribution >= 4 is 10.0 Å². The van der Waals surface area contributed by atoms with Crippen molar-refractivity contribution in [1.29, 1.82) is 0 Å². The first kappa shape index (κ1) is 15.6. The second kappa shape index (κ2) is 6.34. The molecule has 0 bridgehead atoms. The first-order valence-electron chi connectivity index (χ1n) is 6.46. The third-order valence-corrected chi connectivity index (χ3v) is 4.45. The minimum Gasteiger partial charge on any atom is -0.323 e. The molecule has 0 heterocycles. The van der Waals surface area contributed by atoms with Gasteiger partial charge in [-0.05, 0) is 36.2 Å². The van der Waals surface area contributed by atoms with Crippen LogP contribution in [-0.2, 0) is 10.0 Å². The quantitative estimate of drug-likeness (QED) is 0.888. The van der Waals surface area contributed by atoms with Gasteiger partial charge in [-0.2, -0.15) is 0 Å². The summed E-state index contributed by atoms with van der Waals surface area (Å²) in [6.45, 7) is 1.68. The molecule has 112 valence electrons. The summed E-state index contributed by atoms with van der Waals surface area (Å²) in [5.41, 5.74) is 7.31. The molecule has 0 aliphatic rings. The van der Waals surface area contributed by atoms with E-state index in [1.807, 2.05) is 30.3 Å². The highest BCUT2D eigenvalue weighted by atomic mass is 32.2. The van der Waals surface area contributed by atoms with Gasteiger partial charge in [0.15, 0.2) is 0 Å². The average molecular weight is 308 g/mol. The smallest absolute Gasteiger partial charge is 0.240 e. The standard InChI is InChI=1S/C15H17FN2O2S/c1-11-7-13(16)9-14(8-11)21(19,20)18-10-15(17)12-5-3-2-4-6-12/h2-9,15,18H,10,17H2,1H3/t15-/m1/s1. The van der Waals surface area contributed by atoms with Crippen LogP contribution in [0, 0.1) is 12.7 Å². The van der Waals surface area contributed by atoms with E-state index in [1.165, 1.54) is 12.1 Å². The Kier molecular flexibility index (Phi) is 4.72. The van der Waals surface area contributed by atoms with Gasteiger partial charge in [-0.15, -0.1) is 0 Å².